The molecule has 32 nitrogen and oxygen atoms in total. The third-order valence-electron chi connectivity index (χ3n) is 21.3. The first-order chi connectivity index (χ1) is 70.7. The van der Waals surface area contributed by atoms with Crippen LogP contribution in [0.2, 0.25) is 10.0 Å². The second kappa shape index (κ2) is 49.1. The summed E-state index contributed by atoms with van der Waals surface area (Å²) in [5.41, 5.74) is 2.73. The number of hydrogen-bond donors (Lipinski definition) is 5. The molecule has 0 spiro atoms. The first-order valence-corrected chi connectivity index (χ1v) is 53.5. The number of alkyl halides is 2. The normalized spacial score (nSPS) is 11.3. The van der Waals surface area contributed by atoms with E-state index < -0.39 is 94.1 Å². The van der Waals surface area contributed by atoms with E-state index >= 15 is 0 Å². The Bertz CT molecular complexity index is 8230. The molecule has 149 heavy (non-hydrogen) atoms. The molecule has 5 N–H and O–H groups in total. The number of nitro groups is 3. The maximum absolute atomic E-state index is 12.9. The number of halogens is 4. The second-order valence-electron chi connectivity index (χ2n) is 32.7. The summed E-state index contributed by atoms with van der Waals surface area (Å²) in [6, 6.07) is 90.1. The van der Waals surface area contributed by atoms with Gasteiger partial charge in [-0.2, -0.15) is 8.78 Å². The van der Waals surface area contributed by atoms with E-state index in [9.17, 15) is 105 Å². The zero-order valence-corrected chi connectivity index (χ0v) is 85.6. The highest BCUT2D eigenvalue weighted by Crippen LogP contribution is 2.38. The molecule has 0 aliphatic carbocycles. The second-order valence-corrected chi connectivity index (χ2v) is 43.3. The van der Waals surface area contributed by atoms with Crippen molar-refractivity contribution in [2.75, 3.05) is 23.6 Å². The number of furan rings is 1. The number of anilines is 5. The number of non-ortho nitro benzene ring substituents is 3. The van der Waals surface area contributed by atoms with Crippen molar-refractivity contribution in [1.82, 2.24) is 0 Å². The lowest BCUT2D eigenvalue weighted by molar-refractivity contribution is -0.385. The molecule has 0 aliphatic rings. The van der Waals surface area contributed by atoms with E-state index in [1.54, 1.807) is 194 Å². The van der Waals surface area contributed by atoms with Crippen LogP contribution in [0, 0.1) is 30.3 Å². The van der Waals surface area contributed by atoms with Crippen LogP contribution in [0.3, 0.4) is 0 Å². The highest BCUT2D eigenvalue weighted by molar-refractivity contribution is 7.95. The monoisotopic (exact) mass is 2170 g/mol. The van der Waals surface area contributed by atoms with Crippen LogP contribution in [0.4, 0.5) is 54.3 Å². The summed E-state index contributed by atoms with van der Waals surface area (Å²) in [6.45, 7) is 10.2. The van der Waals surface area contributed by atoms with Gasteiger partial charge < -0.3 is 13.9 Å². The minimum absolute atomic E-state index is 0.0241. The lowest BCUT2D eigenvalue weighted by atomic mass is 10.0. The van der Waals surface area contributed by atoms with Crippen molar-refractivity contribution in [2.45, 2.75) is 89.9 Å². The molecule has 16 aromatic rings. The number of sulfonamides is 5. The smallest absolute Gasteiger partial charge is 0.394 e. The fourth-order valence-corrected chi connectivity index (χ4v) is 20.9. The molecule has 16 rings (SSSR count). The largest absolute Gasteiger partial charge is 0.491 e. The lowest BCUT2D eigenvalue weighted by Gasteiger charge is -2.14. The van der Waals surface area contributed by atoms with Crippen LogP contribution in [-0.4, -0.2) is 98.0 Å². The Kier molecular flexibility index (Phi) is 36.6. The Hall–Kier alpha value is -16.6. The number of aryl methyl sites for hydroxylation is 1. The Morgan fingerprint density at radius 2 is 0.651 bits per heavy atom. The molecule has 2 heterocycles. The highest BCUT2D eigenvalue weighted by atomic mass is 35.5. The lowest BCUT2D eigenvalue weighted by Crippen LogP contribution is -2.19. The van der Waals surface area contributed by atoms with Crippen LogP contribution in [0.1, 0.15) is 138 Å². The first kappa shape index (κ1) is 111. The van der Waals surface area contributed by atoms with Crippen LogP contribution in [0.25, 0.3) is 10.6 Å². The van der Waals surface area contributed by atoms with Gasteiger partial charge in [0.25, 0.3) is 67.2 Å². The zero-order valence-electron chi connectivity index (χ0n) is 79.2. The standard InChI is InChI=1S/C22H20N2O6S.C22H20N2O5S.C21H16ClF2NO4S.C21H14ClNO4S2.C21H18N2O5S/c1-15(2)30-18-9-11-19(12-10-18)31(28,29)23-21-13-8-17(24(26)27)14-20(21)22(25)16-6-4-3-5-7-16;1-15(2)16-8-11-19(12-9-16)30(28,29)23-21-13-10-18(24(26)27)14-20(21)22(25)17-6-4-3-5-7-17;1-21(23,24)29-16-8-10-17(11-9-16)30(27,28)25-19-12-7-15(22)13-18(19)20(26)14-5-3-2-4-6-14;22-15-8-9-17(16(13-15)21(24)14-5-2-1-3-6-14)23-29(25,26)20-11-10-19(28-20)18-7-4-12-27-18;1-2-15-8-11-18(12-9-15)29(27,28)22-20-13-10-17(23(25)26)14-19(20)21(24)16-6-4-3-5-7-16/h3-15,23H,1-2H3;3-15,23H,1-2H3;2-13,25H,1H3;1-13,23H;3-14,22H,2H2,1H3. The van der Waals surface area contributed by atoms with Crippen molar-refractivity contribution in [3.05, 3.63) is 477 Å². The summed E-state index contributed by atoms with van der Waals surface area (Å²) in [5, 5.41) is 34.1. The molecular weight excluding hydrogens is 2080 g/mol. The number of hydrogen-bond acceptors (Lipinski definition) is 25. The quantitative estimate of drug-likeness (QED) is 0.0140. The van der Waals surface area contributed by atoms with Gasteiger partial charge in [-0.1, -0.05) is 220 Å². The molecule has 0 bridgehead atoms. The number of rotatable bonds is 35. The number of carbonyl (C=O) groups is 5. The number of benzene rings is 14. The van der Waals surface area contributed by atoms with Crippen LogP contribution in [-0.2, 0) is 56.5 Å². The van der Waals surface area contributed by atoms with Gasteiger partial charge in [0.2, 0.25) is 0 Å². The molecule has 0 atom stereocenters. The molecule has 0 unspecified atom stereocenters. The van der Waals surface area contributed by atoms with Crippen molar-refractivity contribution in [2.24, 2.45) is 0 Å². The molecule has 0 radical (unpaired) electrons. The predicted octanol–water partition coefficient (Wildman–Crippen LogP) is 24.4. The third-order valence-corrected chi connectivity index (χ3v) is 30.2. The van der Waals surface area contributed by atoms with Gasteiger partial charge in [0, 0.05) is 92.3 Å². The Balaban J connectivity index is 0.000000165. The molecule has 42 heteroatoms. The number of ketones is 5. The first-order valence-electron chi connectivity index (χ1n) is 44.5. The molecule has 0 amide bonds. The Labute approximate surface area is 869 Å². The topological polar surface area (TPSA) is 477 Å². The number of nitrogens with zero attached hydrogens (tertiary/aromatic N) is 3. The van der Waals surface area contributed by atoms with Crippen LogP contribution in [0.5, 0.6) is 11.5 Å². The Morgan fingerprint density at radius 1 is 0.362 bits per heavy atom. The average Bonchev–Trinajstić information content (AvgIpc) is 1.79. The maximum atomic E-state index is 12.9. The number of ether oxygens (including phenoxy) is 2. The van der Waals surface area contributed by atoms with E-state index in [0.29, 0.717) is 50.6 Å². The van der Waals surface area contributed by atoms with Gasteiger partial charge in [-0.15, -0.1) is 11.3 Å². The van der Waals surface area contributed by atoms with E-state index in [1.165, 1.54) is 115 Å². The van der Waals surface area contributed by atoms with Crippen molar-refractivity contribution in [3.8, 4) is 22.1 Å². The van der Waals surface area contributed by atoms with Gasteiger partial charge in [0.15, 0.2) is 28.9 Å². The van der Waals surface area contributed by atoms with E-state index in [4.69, 9.17) is 32.4 Å². The van der Waals surface area contributed by atoms with E-state index in [2.05, 4.69) is 28.3 Å². The minimum atomic E-state index is -4.11. The molecule has 0 saturated carbocycles. The summed E-state index contributed by atoms with van der Waals surface area (Å²) in [7, 11) is -20.1. The van der Waals surface area contributed by atoms with Gasteiger partial charge in [-0.25, -0.2) is 42.1 Å². The van der Waals surface area contributed by atoms with Gasteiger partial charge in [-0.05, 0) is 189 Å². The fourth-order valence-electron chi connectivity index (χ4n) is 13.9. The summed E-state index contributed by atoms with van der Waals surface area (Å²) in [4.78, 5) is 96.6. The van der Waals surface area contributed by atoms with Crippen LogP contribution < -0.4 is 33.1 Å². The van der Waals surface area contributed by atoms with Crippen LogP contribution >= 0.6 is 34.5 Å². The van der Waals surface area contributed by atoms with Gasteiger partial charge in [0.05, 0.1) is 96.7 Å². The third kappa shape index (κ3) is 30.1. The summed E-state index contributed by atoms with van der Waals surface area (Å²) in [6.07, 6.45) is -1.16. The van der Waals surface area contributed by atoms with E-state index in [1.807, 2.05) is 34.6 Å². The fraction of sp³-hybridized carbons (Fsp3) is 0.0935. The Morgan fingerprint density at radius 3 is 0.933 bits per heavy atom. The predicted molar refractivity (Wildman–Crippen MR) is 564 cm³/mol. The average molecular weight is 2170 g/mol. The summed E-state index contributed by atoms with van der Waals surface area (Å²) >= 11 is 13.1. The van der Waals surface area contributed by atoms with E-state index in [-0.39, 0.29) is 131 Å². The number of nitrogens with one attached hydrogen (secondary N) is 5. The molecule has 0 saturated heterocycles. The van der Waals surface area contributed by atoms with Crippen molar-refractivity contribution in [1.29, 1.82) is 0 Å². The summed E-state index contributed by atoms with van der Waals surface area (Å²) < 4.78 is 182. The highest BCUT2D eigenvalue weighted by Gasteiger charge is 2.31. The minimum Gasteiger partial charge on any atom is -0.491 e. The van der Waals surface area contributed by atoms with Crippen molar-refractivity contribution in [3.63, 3.8) is 0 Å². The van der Waals surface area contributed by atoms with Crippen LogP contribution in [0.15, 0.2) is 398 Å². The summed E-state index contributed by atoms with van der Waals surface area (Å²) in [5.74, 6) is -1.15. The van der Waals surface area contributed by atoms with Crippen molar-refractivity contribution >= 4 is 159 Å². The molecule has 14 aromatic carbocycles. The molecule has 0 aliphatic heterocycles. The van der Waals surface area contributed by atoms with Gasteiger partial charge in [-0.3, -0.25) is 77.9 Å². The number of carbonyl (C=O) groups excluding carboxylic acids is 5. The van der Waals surface area contributed by atoms with E-state index in [0.717, 1.165) is 89.5 Å². The maximum Gasteiger partial charge on any atom is 0.394 e. The molecular formula is C107H88Cl2F2N8O24S6. The van der Waals surface area contributed by atoms with Gasteiger partial charge in [0.1, 0.15) is 21.5 Å². The SMILES string of the molecule is CC(C)Oc1ccc(S(=O)(=O)Nc2ccc([N+](=O)[O-])cc2C(=O)c2ccccc2)cc1.CC(C)c1ccc(S(=O)(=O)Nc2ccc([N+](=O)[O-])cc2C(=O)c2ccccc2)cc1.CC(F)(F)Oc1ccc(S(=O)(=O)Nc2ccc(Cl)cc2C(=O)c2ccccc2)cc1.CCc1ccc(S(=O)(=O)Nc2ccc([N+](=O)[O-])cc2C(=O)c2ccccc2)cc1.O=C(c1ccccc1)c1cc(Cl)ccc1NS(=O)(=O)c1ccc(-c2ccco2)s1. The number of nitro benzene ring substituents is 3. The molecule has 0 fully saturated rings. The van der Waals surface area contributed by atoms with Crippen molar-refractivity contribution < 1.29 is 104 Å². The molecule has 2 aromatic heterocycles. The number of thiophene rings is 1. The van der Waals surface area contributed by atoms with Gasteiger partial charge >= 0.3 is 6.11 Å². The molecule has 764 valence electrons. The zero-order chi connectivity index (χ0) is 108.